The molecule has 3 nitrogen and oxygen atoms in total. The molecule has 1 aromatic heterocycles. The lowest BCUT2D eigenvalue weighted by Gasteiger charge is -2.12. The molecule has 1 aliphatic carbocycles. The maximum absolute atomic E-state index is 13.1. The Kier molecular flexibility index (Phi) is 2.60. The highest BCUT2D eigenvalue weighted by Crippen LogP contribution is 2.35. The summed E-state index contributed by atoms with van der Waals surface area (Å²) in [5.74, 6) is -0.492. The first kappa shape index (κ1) is 11.6. The van der Waals surface area contributed by atoms with Gasteiger partial charge in [0.05, 0.1) is 17.0 Å². The summed E-state index contributed by atoms with van der Waals surface area (Å²) in [5, 5.41) is 12.9. The van der Waals surface area contributed by atoms with Gasteiger partial charge in [0.1, 0.15) is 5.82 Å². The molecule has 0 radical (unpaired) electrons. The van der Waals surface area contributed by atoms with Crippen LogP contribution >= 0.6 is 11.3 Å². The van der Waals surface area contributed by atoms with E-state index in [0.717, 1.165) is 22.9 Å². The van der Waals surface area contributed by atoms with Gasteiger partial charge in [-0.3, -0.25) is 4.79 Å². The SMILES string of the molecule is O=C(NC1(CO)CC1)c1cc2ccc(F)cc2s1. The molecule has 1 aromatic carbocycles. The molecule has 0 bridgehead atoms. The van der Waals surface area contributed by atoms with Crippen LogP contribution in [0, 0.1) is 5.82 Å². The van der Waals surface area contributed by atoms with Gasteiger partial charge in [-0.2, -0.15) is 0 Å². The zero-order valence-corrected chi connectivity index (χ0v) is 10.4. The van der Waals surface area contributed by atoms with Crippen molar-refractivity contribution in [1.82, 2.24) is 5.32 Å². The van der Waals surface area contributed by atoms with E-state index in [1.807, 2.05) is 0 Å². The number of rotatable bonds is 3. The second-order valence-electron chi connectivity index (χ2n) is 4.69. The number of benzene rings is 1. The minimum Gasteiger partial charge on any atom is -0.394 e. The minimum absolute atomic E-state index is 0.0295. The third-order valence-corrected chi connectivity index (χ3v) is 4.34. The molecule has 2 aromatic rings. The maximum atomic E-state index is 13.1. The number of fused-ring (bicyclic) bond motifs is 1. The standard InChI is InChI=1S/C13H12FNO2S/c14-9-2-1-8-5-11(18-10(8)6-9)12(17)15-13(7-16)3-4-13/h1-2,5-6,16H,3-4,7H2,(H,15,17). The van der Waals surface area contributed by atoms with Gasteiger partial charge in [-0.15, -0.1) is 11.3 Å². The lowest BCUT2D eigenvalue weighted by Crippen LogP contribution is -2.39. The Balaban J connectivity index is 1.87. The molecule has 1 fully saturated rings. The molecule has 0 aliphatic heterocycles. The van der Waals surface area contributed by atoms with Gasteiger partial charge < -0.3 is 10.4 Å². The van der Waals surface area contributed by atoms with Crippen molar-refractivity contribution >= 4 is 27.3 Å². The molecular weight excluding hydrogens is 253 g/mol. The van der Waals surface area contributed by atoms with Crippen molar-refractivity contribution in [2.75, 3.05) is 6.61 Å². The topological polar surface area (TPSA) is 49.3 Å². The molecule has 1 heterocycles. The van der Waals surface area contributed by atoms with E-state index in [2.05, 4.69) is 5.32 Å². The smallest absolute Gasteiger partial charge is 0.261 e. The number of amides is 1. The van der Waals surface area contributed by atoms with E-state index in [9.17, 15) is 9.18 Å². The second kappa shape index (κ2) is 4.03. The number of thiophene rings is 1. The van der Waals surface area contributed by atoms with Crippen LogP contribution in [0.2, 0.25) is 0 Å². The first-order valence-corrected chi connectivity index (χ1v) is 6.56. The van der Waals surface area contributed by atoms with E-state index in [0.29, 0.717) is 4.88 Å². The number of nitrogens with one attached hydrogen (secondary N) is 1. The molecule has 18 heavy (non-hydrogen) atoms. The van der Waals surface area contributed by atoms with Gasteiger partial charge in [-0.25, -0.2) is 4.39 Å². The summed E-state index contributed by atoms with van der Waals surface area (Å²) in [6, 6.07) is 6.22. The summed E-state index contributed by atoms with van der Waals surface area (Å²) in [4.78, 5) is 12.6. The molecular formula is C13H12FNO2S. The Hall–Kier alpha value is -1.46. The van der Waals surface area contributed by atoms with Crippen LogP contribution in [-0.2, 0) is 0 Å². The van der Waals surface area contributed by atoms with E-state index in [4.69, 9.17) is 5.11 Å². The quantitative estimate of drug-likeness (QED) is 0.894. The zero-order chi connectivity index (χ0) is 12.8. The van der Waals surface area contributed by atoms with Crippen molar-refractivity contribution in [3.63, 3.8) is 0 Å². The summed E-state index contributed by atoms with van der Waals surface area (Å²) in [5.41, 5.74) is -0.418. The summed E-state index contributed by atoms with van der Waals surface area (Å²) in [7, 11) is 0. The normalized spacial score (nSPS) is 16.8. The van der Waals surface area contributed by atoms with Crippen molar-refractivity contribution in [2.24, 2.45) is 0 Å². The predicted molar refractivity (Wildman–Crippen MR) is 68.3 cm³/mol. The Bertz CT molecular complexity index is 618. The first-order valence-electron chi connectivity index (χ1n) is 5.74. The largest absolute Gasteiger partial charge is 0.394 e. The summed E-state index contributed by atoms with van der Waals surface area (Å²) in [6.07, 6.45) is 1.63. The summed E-state index contributed by atoms with van der Waals surface area (Å²) < 4.78 is 13.8. The molecule has 2 N–H and O–H groups in total. The molecule has 94 valence electrons. The Labute approximate surface area is 107 Å². The third-order valence-electron chi connectivity index (χ3n) is 3.24. The number of carbonyl (C=O) groups excluding carboxylic acids is 1. The van der Waals surface area contributed by atoms with Gasteiger partial charge >= 0.3 is 0 Å². The van der Waals surface area contributed by atoms with Crippen molar-refractivity contribution in [2.45, 2.75) is 18.4 Å². The van der Waals surface area contributed by atoms with Crippen molar-refractivity contribution in [3.8, 4) is 0 Å². The average Bonchev–Trinajstić information content (AvgIpc) is 2.99. The second-order valence-corrected chi connectivity index (χ2v) is 5.77. The lowest BCUT2D eigenvalue weighted by atomic mass is 10.2. The van der Waals surface area contributed by atoms with Crippen LogP contribution < -0.4 is 5.32 Å². The van der Waals surface area contributed by atoms with Gasteiger partial charge in [-0.05, 0) is 36.4 Å². The van der Waals surface area contributed by atoms with Crippen LogP contribution in [-0.4, -0.2) is 23.2 Å². The highest BCUT2D eigenvalue weighted by Gasteiger charge is 2.43. The maximum Gasteiger partial charge on any atom is 0.261 e. The van der Waals surface area contributed by atoms with E-state index in [1.54, 1.807) is 12.1 Å². The van der Waals surface area contributed by atoms with Crippen LogP contribution in [0.25, 0.3) is 10.1 Å². The Morgan fingerprint density at radius 1 is 1.44 bits per heavy atom. The molecule has 5 heteroatoms. The molecule has 1 amide bonds. The number of carbonyl (C=O) groups is 1. The van der Waals surface area contributed by atoms with Crippen LogP contribution in [0.5, 0.6) is 0 Å². The molecule has 0 spiro atoms. The van der Waals surface area contributed by atoms with Crippen LogP contribution in [0.1, 0.15) is 22.5 Å². The fourth-order valence-electron chi connectivity index (χ4n) is 1.89. The molecule has 0 unspecified atom stereocenters. The highest BCUT2D eigenvalue weighted by molar-refractivity contribution is 7.20. The fraction of sp³-hybridized carbons (Fsp3) is 0.308. The van der Waals surface area contributed by atoms with E-state index in [1.165, 1.54) is 23.5 Å². The molecule has 1 aliphatic rings. The predicted octanol–water partition coefficient (Wildman–Crippen LogP) is 2.30. The summed E-state index contributed by atoms with van der Waals surface area (Å²) in [6.45, 7) is -0.0295. The molecule has 0 saturated heterocycles. The number of halogens is 1. The molecule has 0 atom stereocenters. The highest BCUT2D eigenvalue weighted by atomic mass is 32.1. The zero-order valence-electron chi connectivity index (χ0n) is 9.57. The van der Waals surface area contributed by atoms with Gasteiger partial charge in [0.2, 0.25) is 0 Å². The number of hydrogen-bond donors (Lipinski definition) is 2. The minimum atomic E-state index is -0.418. The van der Waals surface area contributed by atoms with Crippen LogP contribution in [0.4, 0.5) is 4.39 Å². The summed E-state index contributed by atoms with van der Waals surface area (Å²) >= 11 is 1.26. The van der Waals surface area contributed by atoms with E-state index >= 15 is 0 Å². The fourth-order valence-corrected chi connectivity index (χ4v) is 2.88. The number of hydrogen-bond acceptors (Lipinski definition) is 3. The number of aliphatic hydroxyl groups is 1. The Morgan fingerprint density at radius 3 is 2.89 bits per heavy atom. The van der Waals surface area contributed by atoms with Gasteiger partial charge in [0, 0.05) is 4.70 Å². The van der Waals surface area contributed by atoms with Gasteiger partial charge in [0.25, 0.3) is 5.91 Å². The number of aliphatic hydroxyl groups excluding tert-OH is 1. The van der Waals surface area contributed by atoms with Gasteiger partial charge in [-0.1, -0.05) is 6.07 Å². The van der Waals surface area contributed by atoms with Crippen molar-refractivity contribution < 1.29 is 14.3 Å². The van der Waals surface area contributed by atoms with Crippen LogP contribution in [0.15, 0.2) is 24.3 Å². The van der Waals surface area contributed by atoms with E-state index in [-0.39, 0.29) is 18.3 Å². The van der Waals surface area contributed by atoms with E-state index < -0.39 is 5.54 Å². The average molecular weight is 265 g/mol. The van der Waals surface area contributed by atoms with Gasteiger partial charge in [0.15, 0.2) is 0 Å². The molecule has 3 rings (SSSR count). The monoisotopic (exact) mass is 265 g/mol. The Morgan fingerprint density at radius 2 is 2.22 bits per heavy atom. The van der Waals surface area contributed by atoms with Crippen molar-refractivity contribution in [1.29, 1.82) is 0 Å². The third kappa shape index (κ3) is 2.00. The molecule has 1 saturated carbocycles. The van der Waals surface area contributed by atoms with Crippen LogP contribution in [0.3, 0.4) is 0 Å². The van der Waals surface area contributed by atoms with Crippen molar-refractivity contribution in [3.05, 3.63) is 35.0 Å². The first-order chi connectivity index (χ1) is 8.62. The lowest BCUT2D eigenvalue weighted by molar-refractivity contribution is 0.0911.